The van der Waals surface area contributed by atoms with E-state index in [9.17, 15) is 19.7 Å². The smallest absolute Gasteiger partial charge is 0.331 e. The summed E-state index contributed by atoms with van der Waals surface area (Å²) in [5.74, 6) is -0.970. The number of carbonyl (C=O) groups is 2. The Hall–Kier alpha value is -2.46. The molecule has 0 bridgehead atoms. The monoisotopic (exact) mass is 483 g/mol. The van der Waals surface area contributed by atoms with Crippen LogP contribution in [0.15, 0.2) is 36.4 Å². The molecule has 0 radical (unpaired) electrons. The average Bonchev–Trinajstić information content (AvgIpc) is 3.16. The molecule has 1 saturated heterocycles. The maximum Gasteiger partial charge on any atom is 0.331 e. The Labute approximate surface area is 192 Å². The molecular formula is C20H19Cl2N3O5S. The van der Waals surface area contributed by atoms with Gasteiger partial charge in [0, 0.05) is 49.7 Å². The number of esters is 1. The van der Waals surface area contributed by atoms with Gasteiger partial charge in [0.2, 0.25) is 0 Å². The van der Waals surface area contributed by atoms with Gasteiger partial charge in [0.1, 0.15) is 5.02 Å². The van der Waals surface area contributed by atoms with E-state index in [-0.39, 0.29) is 23.2 Å². The van der Waals surface area contributed by atoms with Crippen LogP contribution in [0.5, 0.6) is 0 Å². The molecule has 0 aliphatic carbocycles. The predicted octanol–water partition coefficient (Wildman–Crippen LogP) is 3.86. The molecule has 3 rings (SSSR count). The predicted molar refractivity (Wildman–Crippen MR) is 119 cm³/mol. The first-order chi connectivity index (χ1) is 14.8. The van der Waals surface area contributed by atoms with Gasteiger partial charge in [-0.05, 0) is 29.8 Å². The molecule has 1 aliphatic rings. The zero-order chi connectivity index (χ0) is 22.4. The molecule has 1 aliphatic heterocycles. The molecule has 0 spiro atoms. The van der Waals surface area contributed by atoms with E-state index >= 15 is 0 Å². The summed E-state index contributed by atoms with van der Waals surface area (Å²) in [5.41, 5.74) is 0.163. The fourth-order valence-electron chi connectivity index (χ4n) is 3.02. The Morgan fingerprint density at radius 3 is 2.55 bits per heavy atom. The second-order valence-corrected chi connectivity index (χ2v) is 8.98. The van der Waals surface area contributed by atoms with E-state index in [1.807, 2.05) is 12.1 Å². The number of hydrogen-bond donors (Lipinski definition) is 0. The number of thiophene rings is 1. The zero-order valence-electron chi connectivity index (χ0n) is 16.3. The van der Waals surface area contributed by atoms with Crippen LogP contribution in [0.25, 0.3) is 6.08 Å². The maximum atomic E-state index is 12.3. The number of carbonyl (C=O) groups excluding carboxylic acids is 2. The number of ether oxygens (including phenoxy) is 1. The molecule has 0 N–H and O–H groups in total. The van der Waals surface area contributed by atoms with Gasteiger partial charge in [-0.25, -0.2) is 4.79 Å². The van der Waals surface area contributed by atoms with Crippen LogP contribution in [0.1, 0.15) is 10.4 Å². The molecule has 164 valence electrons. The van der Waals surface area contributed by atoms with Gasteiger partial charge < -0.3 is 9.64 Å². The molecule has 1 amide bonds. The van der Waals surface area contributed by atoms with Crippen molar-refractivity contribution in [3.8, 4) is 0 Å². The van der Waals surface area contributed by atoms with E-state index in [1.54, 1.807) is 16.2 Å². The third kappa shape index (κ3) is 6.76. The quantitative estimate of drug-likeness (QED) is 0.257. The van der Waals surface area contributed by atoms with Crippen molar-refractivity contribution >= 4 is 58.2 Å². The minimum Gasteiger partial charge on any atom is -0.452 e. The van der Waals surface area contributed by atoms with Crippen molar-refractivity contribution in [2.75, 3.05) is 32.8 Å². The van der Waals surface area contributed by atoms with Crippen LogP contribution in [0.2, 0.25) is 9.36 Å². The number of amides is 1. The summed E-state index contributed by atoms with van der Waals surface area (Å²) in [7, 11) is 0. The number of hydrogen-bond acceptors (Lipinski definition) is 7. The highest BCUT2D eigenvalue weighted by molar-refractivity contribution is 7.16. The van der Waals surface area contributed by atoms with E-state index < -0.39 is 10.9 Å². The molecule has 2 heterocycles. The summed E-state index contributed by atoms with van der Waals surface area (Å²) in [6.07, 6.45) is 2.48. The molecule has 0 atom stereocenters. The highest BCUT2D eigenvalue weighted by Gasteiger charge is 2.22. The Kier molecular flexibility index (Phi) is 8.03. The molecular weight excluding hydrogens is 465 g/mol. The lowest BCUT2D eigenvalue weighted by molar-refractivity contribution is -0.384. The Morgan fingerprint density at radius 2 is 1.90 bits per heavy atom. The average molecular weight is 484 g/mol. The second-order valence-electron chi connectivity index (χ2n) is 6.77. The van der Waals surface area contributed by atoms with Crippen molar-refractivity contribution in [1.29, 1.82) is 0 Å². The standard InChI is InChI=1S/C20H19Cl2N3O5S/c21-16-4-1-14(11-17(16)25(28)29)2-6-20(27)30-13-19(26)24-9-7-23(8-10-24)12-15-3-5-18(22)31-15/h1-6,11H,7-10,12-13H2/b6-2+. The maximum absolute atomic E-state index is 12.3. The van der Waals surface area contributed by atoms with Gasteiger partial charge in [0.15, 0.2) is 6.61 Å². The van der Waals surface area contributed by atoms with E-state index in [4.69, 9.17) is 27.9 Å². The zero-order valence-corrected chi connectivity index (χ0v) is 18.7. The van der Waals surface area contributed by atoms with Crippen LogP contribution in [0.3, 0.4) is 0 Å². The van der Waals surface area contributed by atoms with Gasteiger partial charge in [0.05, 0.1) is 9.26 Å². The molecule has 31 heavy (non-hydrogen) atoms. The van der Waals surface area contributed by atoms with Gasteiger partial charge in [-0.1, -0.05) is 29.3 Å². The Balaban J connectivity index is 1.42. The van der Waals surface area contributed by atoms with Crippen molar-refractivity contribution < 1.29 is 19.2 Å². The summed E-state index contributed by atoms with van der Waals surface area (Å²) in [4.78, 5) is 39.6. The van der Waals surface area contributed by atoms with Gasteiger partial charge >= 0.3 is 5.97 Å². The number of nitro groups is 1. The first kappa shape index (κ1) is 23.2. The molecule has 11 heteroatoms. The number of halogens is 2. The molecule has 1 aromatic carbocycles. The number of nitrogens with zero attached hydrogens (tertiary/aromatic N) is 3. The summed E-state index contributed by atoms with van der Waals surface area (Å²) < 4.78 is 5.76. The van der Waals surface area contributed by atoms with Crippen LogP contribution < -0.4 is 0 Å². The van der Waals surface area contributed by atoms with Gasteiger partial charge in [0.25, 0.3) is 11.6 Å². The molecule has 1 aromatic heterocycles. The van der Waals surface area contributed by atoms with Crippen molar-refractivity contribution in [1.82, 2.24) is 9.80 Å². The molecule has 0 saturated carbocycles. The fraction of sp³-hybridized carbons (Fsp3) is 0.300. The number of rotatable bonds is 7. The van der Waals surface area contributed by atoms with Gasteiger partial charge in [-0.15, -0.1) is 11.3 Å². The summed E-state index contributed by atoms with van der Waals surface area (Å²) in [5, 5.41) is 10.9. The van der Waals surface area contributed by atoms with Crippen LogP contribution in [-0.4, -0.2) is 59.4 Å². The number of benzene rings is 1. The highest BCUT2D eigenvalue weighted by Crippen LogP contribution is 2.25. The Morgan fingerprint density at radius 1 is 1.16 bits per heavy atom. The highest BCUT2D eigenvalue weighted by atomic mass is 35.5. The fourth-order valence-corrected chi connectivity index (χ4v) is 4.34. The first-order valence-electron chi connectivity index (χ1n) is 9.35. The molecule has 2 aromatic rings. The topological polar surface area (TPSA) is 93.0 Å². The van der Waals surface area contributed by atoms with Gasteiger partial charge in [-0.2, -0.15) is 0 Å². The third-order valence-electron chi connectivity index (χ3n) is 4.65. The molecule has 8 nitrogen and oxygen atoms in total. The summed E-state index contributed by atoms with van der Waals surface area (Å²) >= 11 is 13.3. The van der Waals surface area contributed by atoms with Crippen LogP contribution in [-0.2, 0) is 20.9 Å². The van der Waals surface area contributed by atoms with E-state index in [1.165, 1.54) is 29.2 Å². The SMILES string of the molecule is O=C(/C=C/c1ccc(Cl)c([N+](=O)[O-])c1)OCC(=O)N1CCN(Cc2ccc(Cl)s2)CC1. The van der Waals surface area contributed by atoms with E-state index in [0.717, 1.165) is 30.0 Å². The number of nitro benzene ring substituents is 1. The van der Waals surface area contributed by atoms with Crippen molar-refractivity contribution in [2.45, 2.75) is 6.54 Å². The lowest BCUT2D eigenvalue weighted by Gasteiger charge is -2.34. The Bertz CT molecular complexity index is 1000. The lowest BCUT2D eigenvalue weighted by atomic mass is 10.2. The van der Waals surface area contributed by atoms with Crippen molar-refractivity contribution in [2.24, 2.45) is 0 Å². The van der Waals surface area contributed by atoms with E-state index in [2.05, 4.69) is 4.90 Å². The van der Waals surface area contributed by atoms with Crippen LogP contribution in [0, 0.1) is 10.1 Å². The lowest BCUT2D eigenvalue weighted by Crippen LogP contribution is -2.49. The van der Waals surface area contributed by atoms with E-state index in [0.29, 0.717) is 18.7 Å². The normalized spacial score (nSPS) is 14.7. The third-order valence-corrected chi connectivity index (χ3v) is 6.19. The summed E-state index contributed by atoms with van der Waals surface area (Å²) in [6, 6.07) is 8.04. The summed E-state index contributed by atoms with van der Waals surface area (Å²) in [6.45, 7) is 3.00. The van der Waals surface area contributed by atoms with Crippen LogP contribution >= 0.6 is 34.5 Å². The molecule has 1 fully saturated rings. The van der Waals surface area contributed by atoms with Crippen molar-refractivity contribution in [3.63, 3.8) is 0 Å². The largest absolute Gasteiger partial charge is 0.452 e. The van der Waals surface area contributed by atoms with Crippen LogP contribution in [0.4, 0.5) is 5.69 Å². The van der Waals surface area contributed by atoms with Crippen molar-refractivity contribution in [3.05, 3.63) is 66.3 Å². The number of piperazine rings is 1. The van der Waals surface area contributed by atoms with Gasteiger partial charge in [-0.3, -0.25) is 19.8 Å². The minimum absolute atomic E-state index is 0.00890. The minimum atomic E-state index is -0.709. The second kappa shape index (κ2) is 10.7. The first-order valence-corrected chi connectivity index (χ1v) is 10.9. The molecule has 0 unspecified atom stereocenters.